The average Bonchev–Trinajstić information content (AvgIpc) is 2.84. The van der Waals surface area contributed by atoms with Crippen LogP contribution in [0.5, 0.6) is 0 Å². The lowest BCUT2D eigenvalue weighted by Crippen LogP contribution is -2.38. The molecule has 2 bridgehead atoms. The van der Waals surface area contributed by atoms with Crippen molar-refractivity contribution in [3.8, 4) is 0 Å². The number of amides is 1. The zero-order chi connectivity index (χ0) is 15.4. The minimum atomic E-state index is 0.359. The third-order valence-electron chi connectivity index (χ3n) is 5.10. The number of carbonyl (C=O) groups excluding carboxylic acids is 1. The van der Waals surface area contributed by atoms with Crippen molar-refractivity contribution in [1.29, 1.82) is 0 Å². The normalized spacial score (nSPS) is 24.3. The van der Waals surface area contributed by atoms with Gasteiger partial charge in [0.25, 0.3) is 0 Å². The summed E-state index contributed by atoms with van der Waals surface area (Å²) in [6.45, 7) is 3.99. The van der Waals surface area contributed by atoms with Crippen LogP contribution in [0, 0.1) is 6.92 Å². The maximum Gasteiger partial charge on any atom is 0.222 e. The van der Waals surface area contributed by atoms with Crippen molar-refractivity contribution in [2.45, 2.75) is 64.0 Å². The van der Waals surface area contributed by atoms with Gasteiger partial charge >= 0.3 is 0 Å². The van der Waals surface area contributed by atoms with Gasteiger partial charge in [0, 0.05) is 31.6 Å². The van der Waals surface area contributed by atoms with Gasteiger partial charge in [0.1, 0.15) is 0 Å². The lowest BCUT2D eigenvalue weighted by atomic mass is 10.0. The molecule has 2 aliphatic heterocycles. The first kappa shape index (κ1) is 15.5. The molecule has 0 aromatic heterocycles. The molecule has 2 aliphatic rings. The first-order valence-electron chi connectivity index (χ1n) is 8.80. The van der Waals surface area contributed by atoms with Crippen LogP contribution in [0.15, 0.2) is 24.3 Å². The summed E-state index contributed by atoms with van der Waals surface area (Å²) in [5.74, 6) is 0.359. The lowest BCUT2D eigenvalue weighted by Gasteiger charge is -2.24. The highest BCUT2D eigenvalue weighted by molar-refractivity contribution is 5.76. The van der Waals surface area contributed by atoms with E-state index in [2.05, 4.69) is 41.4 Å². The van der Waals surface area contributed by atoms with Crippen LogP contribution in [0.4, 0.5) is 0 Å². The SMILES string of the molecule is Cc1ccc(CCCCC(=O)N2CCC3CCC(C2)N3)cc1. The zero-order valence-electron chi connectivity index (χ0n) is 13.7. The molecule has 2 atom stereocenters. The number of aryl methyl sites for hydroxylation is 2. The molecule has 0 radical (unpaired) electrons. The number of fused-ring (bicyclic) bond motifs is 2. The fourth-order valence-corrected chi connectivity index (χ4v) is 3.69. The maximum absolute atomic E-state index is 12.4. The highest BCUT2D eigenvalue weighted by atomic mass is 16.2. The van der Waals surface area contributed by atoms with Gasteiger partial charge in [-0.3, -0.25) is 4.79 Å². The summed E-state index contributed by atoms with van der Waals surface area (Å²) < 4.78 is 0. The summed E-state index contributed by atoms with van der Waals surface area (Å²) in [5.41, 5.74) is 2.69. The first-order valence-corrected chi connectivity index (χ1v) is 8.80. The number of nitrogens with one attached hydrogen (secondary N) is 1. The van der Waals surface area contributed by atoms with Crippen molar-refractivity contribution in [1.82, 2.24) is 10.2 Å². The highest BCUT2D eigenvalue weighted by Gasteiger charge is 2.30. The predicted molar refractivity (Wildman–Crippen MR) is 89.9 cm³/mol. The lowest BCUT2D eigenvalue weighted by molar-refractivity contribution is -0.131. The predicted octanol–water partition coefficient (Wildman–Crippen LogP) is 3.06. The van der Waals surface area contributed by atoms with E-state index in [-0.39, 0.29) is 0 Å². The number of unbranched alkanes of at least 4 members (excludes halogenated alkanes) is 1. The number of hydrogen-bond acceptors (Lipinski definition) is 2. The van der Waals surface area contributed by atoms with E-state index in [1.54, 1.807) is 0 Å². The Kier molecular flexibility index (Phi) is 5.14. The second-order valence-corrected chi connectivity index (χ2v) is 6.96. The summed E-state index contributed by atoms with van der Waals surface area (Å²) in [6, 6.07) is 9.94. The maximum atomic E-state index is 12.4. The van der Waals surface area contributed by atoms with Gasteiger partial charge in [-0.25, -0.2) is 0 Å². The van der Waals surface area contributed by atoms with Gasteiger partial charge in [-0.05, 0) is 51.0 Å². The minimum absolute atomic E-state index is 0.359. The van der Waals surface area contributed by atoms with Crippen LogP contribution in [-0.4, -0.2) is 36.0 Å². The van der Waals surface area contributed by atoms with E-state index in [0.717, 1.165) is 38.8 Å². The van der Waals surface area contributed by atoms with Crippen LogP contribution in [0.1, 0.15) is 49.7 Å². The zero-order valence-corrected chi connectivity index (χ0v) is 13.7. The van der Waals surface area contributed by atoms with Crippen LogP contribution < -0.4 is 5.32 Å². The smallest absolute Gasteiger partial charge is 0.222 e. The minimum Gasteiger partial charge on any atom is -0.341 e. The number of likely N-dealkylation sites (tertiary alicyclic amines) is 1. The van der Waals surface area contributed by atoms with Crippen molar-refractivity contribution < 1.29 is 4.79 Å². The Bertz CT molecular complexity index is 497. The van der Waals surface area contributed by atoms with E-state index >= 15 is 0 Å². The van der Waals surface area contributed by atoms with Gasteiger partial charge in [0.15, 0.2) is 0 Å². The average molecular weight is 300 g/mol. The van der Waals surface area contributed by atoms with Gasteiger partial charge < -0.3 is 10.2 Å². The van der Waals surface area contributed by atoms with Crippen LogP contribution in [-0.2, 0) is 11.2 Å². The van der Waals surface area contributed by atoms with Crippen LogP contribution >= 0.6 is 0 Å². The molecule has 2 saturated heterocycles. The molecule has 0 spiro atoms. The molecule has 0 aliphatic carbocycles. The van der Waals surface area contributed by atoms with E-state index < -0.39 is 0 Å². The monoisotopic (exact) mass is 300 g/mol. The van der Waals surface area contributed by atoms with Gasteiger partial charge in [-0.2, -0.15) is 0 Å². The number of benzene rings is 1. The van der Waals surface area contributed by atoms with Crippen molar-refractivity contribution >= 4 is 5.91 Å². The van der Waals surface area contributed by atoms with Crippen molar-refractivity contribution in [2.24, 2.45) is 0 Å². The van der Waals surface area contributed by atoms with Gasteiger partial charge in [-0.1, -0.05) is 29.8 Å². The van der Waals surface area contributed by atoms with Gasteiger partial charge in [-0.15, -0.1) is 0 Å². The Morgan fingerprint density at radius 1 is 1.14 bits per heavy atom. The van der Waals surface area contributed by atoms with E-state index in [4.69, 9.17) is 0 Å². The molecule has 3 nitrogen and oxygen atoms in total. The molecule has 2 unspecified atom stereocenters. The molecule has 1 amide bonds. The van der Waals surface area contributed by atoms with Crippen LogP contribution in [0.2, 0.25) is 0 Å². The summed E-state index contributed by atoms with van der Waals surface area (Å²) in [7, 11) is 0. The molecule has 22 heavy (non-hydrogen) atoms. The molecular formula is C19H28N2O. The van der Waals surface area contributed by atoms with Gasteiger partial charge in [0.05, 0.1) is 0 Å². The largest absolute Gasteiger partial charge is 0.341 e. The number of carbonyl (C=O) groups is 1. The molecule has 1 aromatic rings. The van der Waals surface area contributed by atoms with Crippen LogP contribution in [0.3, 0.4) is 0 Å². The molecule has 1 aromatic carbocycles. The third-order valence-corrected chi connectivity index (χ3v) is 5.10. The summed E-state index contributed by atoms with van der Waals surface area (Å²) >= 11 is 0. The van der Waals surface area contributed by atoms with Crippen molar-refractivity contribution in [3.05, 3.63) is 35.4 Å². The molecule has 3 rings (SSSR count). The summed E-state index contributed by atoms with van der Waals surface area (Å²) in [4.78, 5) is 14.5. The van der Waals surface area contributed by atoms with Crippen LogP contribution in [0.25, 0.3) is 0 Å². The van der Waals surface area contributed by atoms with E-state index in [0.29, 0.717) is 24.4 Å². The molecular weight excluding hydrogens is 272 g/mol. The molecule has 2 fully saturated rings. The third kappa shape index (κ3) is 4.10. The first-order chi connectivity index (χ1) is 10.7. The fraction of sp³-hybridized carbons (Fsp3) is 0.632. The standard InChI is InChI=1S/C19H28N2O/c1-15-6-8-16(9-7-15)4-2-3-5-19(22)21-13-12-17-10-11-18(14-21)20-17/h6-9,17-18,20H,2-5,10-14H2,1H3. The summed E-state index contributed by atoms with van der Waals surface area (Å²) in [6.07, 6.45) is 7.57. The molecule has 3 heteroatoms. The van der Waals surface area contributed by atoms with E-state index in [1.165, 1.54) is 24.0 Å². The Balaban J connectivity index is 1.38. The second kappa shape index (κ2) is 7.28. The number of rotatable bonds is 5. The molecule has 1 N–H and O–H groups in total. The Morgan fingerprint density at radius 3 is 2.73 bits per heavy atom. The topological polar surface area (TPSA) is 32.3 Å². The Hall–Kier alpha value is -1.35. The fourth-order valence-electron chi connectivity index (χ4n) is 3.69. The van der Waals surface area contributed by atoms with Crippen molar-refractivity contribution in [2.75, 3.05) is 13.1 Å². The Labute approximate surface area is 134 Å². The molecule has 2 heterocycles. The molecule has 120 valence electrons. The van der Waals surface area contributed by atoms with E-state index in [9.17, 15) is 4.79 Å². The second-order valence-electron chi connectivity index (χ2n) is 6.96. The highest BCUT2D eigenvalue weighted by Crippen LogP contribution is 2.21. The molecule has 0 saturated carbocycles. The number of hydrogen-bond donors (Lipinski definition) is 1. The number of nitrogens with zero attached hydrogens (tertiary/aromatic N) is 1. The summed E-state index contributed by atoms with van der Waals surface area (Å²) in [5, 5.41) is 3.64. The Morgan fingerprint density at radius 2 is 1.91 bits per heavy atom. The quantitative estimate of drug-likeness (QED) is 0.848. The van der Waals surface area contributed by atoms with Gasteiger partial charge in [0.2, 0.25) is 5.91 Å². The van der Waals surface area contributed by atoms with Crippen molar-refractivity contribution in [3.63, 3.8) is 0 Å². The van der Waals surface area contributed by atoms with E-state index in [1.807, 2.05) is 0 Å².